The summed E-state index contributed by atoms with van der Waals surface area (Å²) in [5.74, 6) is -0.777. The van der Waals surface area contributed by atoms with Crippen LogP contribution in [-0.2, 0) is 6.42 Å². The number of hydrogen-bond acceptors (Lipinski definition) is 2. The summed E-state index contributed by atoms with van der Waals surface area (Å²) in [6, 6.07) is 11.7. The molecule has 0 spiro atoms. The van der Waals surface area contributed by atoms with E-state index < -0.39 is 12.0 Å². The SMILES string of the molecule is O=C(NCCc1cn2ccccc2n1)N1CCC(C(F)c2ccccc2F)CC1. The lowest BCUT2D eigenvalue weighted by Gasteiger charge is -2.33. The van der Waals surface area contributed by atoms with E-state index in [4.69, 9.17) is 0 Å². The maximum absolute atomic E-state index is 14.7. The van der Waals surface area contributed by atoms with Crippen molar-refractivity contribution in [3.63, 3.8) is 0 Å². The first-order valence-corrected chi connectivity index (χ1v) is 9.95. The summed E-state index contributed by atoms with van der Waals surface area (Å²) in [6.07, 6.45) is 4.25. The molecule has 0 radical (unpaired) electrons. The van der Waals surface area contributed by atoms with E-state index in [2.05, 4.69) is 10.3 Å². The van der Waals surface area contributed by atoms with Crippen molar-refractivity contribution < 1.29 is 13.6 Å². The summed E-state index contributed by atoms with van der Waals surface area (Å²) in [4.78, 5) is 18.6. The molecule has 29 heavy (non-hydrogen) atoms. The Kier molecular flexibility index (Phi) is 5.74. The molecule has 1 atom stereocenters. The predicted molar refractivity (Wildman–Crippen MR) is 107 cm³/mol. The highest BCUT2D eigenvalue weighted by molar-refractivity contribution is 5.74. The number of nitrogens with zero attached hydrogens (tertiary/aromatic N) is 3. The van der Waals surface area contributed by atoms with E-state index in [1.807, 2.05) is 35.0 Å². The zero-order valence-electron chi connectivity index (χ0n) is 16.1. The fraction of sp³-hybridized carbons (Fsp3) is 0.364. The molecule has 1 aliphatic rings. The van der Waals surface area contributed by atoms with Crippen LogP contribution >= 0.6 is 0 Å². The van der Waals surface area contributed by atoms with Crippen LogP contribution in [0.1, 0.15) is 30.3 Å². The molecular weight excluding hydrogens is 374 g/mol. The zero-order chi connectivity index (χ0) is 20.2. The van der Waals surface area contributed by atoms with Gasteiger partial charge in [-0.1, -0.05) is 24.3 Å². The van der Waals surface area contributed by atoms with E-state index in [0.717, 1.165) is 11.3 Å². The molecule has 1 saturated heterocycles. The fourth-order valence-electron chi connectivity index (χ4n) is 3.86. The van der Waals surface area contributed by atoms with Gasteiger partial charge in [-0.25, -0.2) is 18.6 Å². The molecule has 1 N–H and O–H groups in total. The number of piperidine rings is 1. The van der Waals surface area contributed by atoms with Gasteiger partial charge in [0.25, 0.3) is 0 Å². The number of carbonyl (C=O) groups excluding carboxylic acids is 1. The van der Waals surface area contributed by atoms with Gasteiger partial charge in [0, 0.05) is 44.0 Å². The number of likely N-dealkylation sites (tertiary alicyclic amines) is 1. The first-order valence-electron chi connectivity index (χ1n) is 9.95. The number of carbonyl (C=O) groups is 1. The highest BCUT2D eigenvalue weighted by Gasteiger charge is 2.30. The van der Waals surface area contributed by atoms with E-state index in [-0.39, 0.29) is 17.5 Å². The molecule has 2 amide bonds. The van der Waals surface area contributed by atoms with Gasteiger partial charge in [-0.3, -0.25) is 0 Å². The highest BCUT2D eigenvalue weighted by atomic mass is 19.1. The molecule has 7 heteroatoms. The largest absolute Gasteiger partial charge is 0.338 e. The Morgan fingerprint density at radius 1 is 1.17 bits per heavy atom. The van der Waals surface area contributed by atoms with Crippen LogP contribution < -0.4 is 5.32 Å². The summed E-state index contributed by atoms with van der Waals surface area (Å²) < 4.78 is 30.5. The summed E-state index contributed by atoms with van der Waals surface area (Å²) >= 11 is 0. The predicted octanol–water partition coefficient (Wildman–Crippen LogP) is 4.15. The van der Waals surface area contributed by atoms with Gasteiger partial charge in [-0.2, -0.15) is 0 Å². The normalized spacial score (nSPS) is 16.1. The van der Waals surface area contributed by atoms with Gasteiger partial charge < -0.3 is 14.6 Å². The van der Waals surface area contributed by atoms with Crippen molar-refractivity contribution in [1.82, 2.24) is 19.6 Å². The summed E-state index contributed by atoms with van der Waals surface area (Å²) in [6.45, 7) is 1.43. The molecule has 2 aromatic heterocycles. The molecule has 5 nitrogen and oxygen atoms in total. The molecule has 1 aliphatic heterocycles. The van der Waals surface area contributed by atoms with Gasteiger partial charge in [0.05, 0.1) is 5.69 Å². The van der Waals surface area contributed by atoms with E-state index in [0.29, 0.717) is 38.9 Å². The van der Waals surface area contributed by atoms with E-state index in [1.165, 1.54) is 12.1 Å². The number of benzene rings is 1. The Balaban J connectivity index is 1.24. The number of aromatic nitrogens is 2. The minimum Gasteiger partial charge on any atom is -0.338 e. The number of rotatable bonds is 5. The lowest BCUT2D eigenvalue weighted by atomic mass is 9.88. The van der Waals surface area contributed by atoms with Crippen molar-refractivity contribution in [1.29, 1.82) is 0 Å². The fourth-order valence-corrected chi connectivity index (χ4v) is 3.86. The van der Waals surface area contributed by atoms with Crippen molar-refractivity contribution in [2.75, 3.05) is 19.6 Å². The Hall–Kier alpha value is -2.96. The van der Waals surface area contributed by atoms with Gasteiger partial charge in [0.1, 0.15) is 17.6 Å². The highest BCUT2D eigenvalue weighted by Crippen LogP contribution is 2.34. The summed E-state index contributed by atoms with van der Waals surface area (Å²) in [5.41, 5.74) is 1.91. The first kappa shape index (κ1) is 19.4. The third-order valence-electron chi connectivity index (χ3n) is 5.51. The number of fused-ring (bicyclic) bond motifs is 1. The maximum Gasteiger partial charge on any atom is 0.317 e. The smallest absolute Gasteiger partial charge is 0.317 e. The Morgan fingerprint density at radius 3 is 2.69 bits per heavy atom. The standard InChI is InChI=1S/C22H24F2N4O/c23-19-6-2-1-5-18(19)21(24)16-9-13-27(14-10-16)22(29)25-11-8-17-15-28-12-4-3-7-20(28)26-17/h1-7,12,15-16,21H,8-11,13-14H2,(H,25,29). The van der Waals surface area contributed by atoms with E-state index >= 15 is 0 Å². The van der Waals surface area contributed by atoms with Crippen LogP contribution in [0.3, 0.4) is 0 Å². The van der Waals surface area contributed by atoms with Crippen molar-refractivity contribution in [2.45, 2.75) is 25.4 Å². The Morgan fingerprint density at radius 2 is 1.93 bits per heavy atom. The molecule has 1 fully saturated rings. The second-order valence-electron chi connectivity index (χ2n) is 7.43. The van der Waals surface area contributed by atoms with Gasteiger partial charge >= 0.3 is 6.03 Å². The third kappa shape index (κ3) is 4.39. The number of halogens is 2. The van der Waals surface area contributed by atoms with Gasteiger partial charge in [-0.15, -0.1) is 0 Å². The van der Waals surface area contributed by atoms with Crippen LogP contribution in [0, 0.1) is 11.7 Å². The Labute approximate surface area is 168 Å². The molecular formula is C22H24F2N4O. The molecule has 0 aliphatic carbocycles. The zero-order valence-corrected chi connectivity index (χ0v) is 16.1. The van der Waals surface area contributed by atoms with E-state index in [9.17, 15) is 13.6 Å². The molecule has 3 aromatic rings. The van der Waals surface area contributed by atoms with E-state index in [1.54, 1.807) is 17.0 Å². The van der Waals surface area contributed by atoms with Gasteiger partial charge in [0.15, 0.2) is 0 Å². The quantitative estimate of drug-likeness (QED) is 0.702. The van der Waals surface area contributed by atoms with Gasteiger partial charge in [0.2, 0.25) is 0 Å². The molecule has 1 unspecified atom stereocenters. The average molecular weight is 398 g/mol. The van der Waals surface area contributed by atoms with Crippen molar-refractivity contribution in [2.24, 2.45) is 5.92 Å². The van der Waals surface area contributed by atoms with Gasteiger partial charge in [-0.05, 0) is 37.0 Å². The minimum atomic E-state index is -1.34. The van der Waals surface area contributed by atoms with Crippen LogP contribution in [-0.4, -0.2) is 39.9 Å². The number of urea groups is 1. The van der Waals surface area contributed by atoms with Crippen LogP contribution in [0.2, 0.25) is 0 Å². The molecule has 152 valence electrons. The molecule has 0 saturated carbocycles. The number of pyridine rings is 1. The molecule has 4 rings (SSSR count). The molecule has 1 aromatic carbocycles. The topological polar surface area (TPSA) is 49.6 Å². The number of amides is 2. The van der Waals surface area contributed by atoms with Crippen LogP contribution in [0.5, 0.6) is 0 Å². The summed E-state index contributed by atoms with van der Waals surface area (Å²) in [7, 11) is 0. The third-order valence-corrected chi connectivity index (χ3v) is 5.51. The van der Waals surface area contributed by atoms with Crippen LogP contribution in [0.25, 0.3) is 5.65 Å². The lowest BCUT2D eigenvalue weighted by Crippen LogP contribution is -2.45. The van der Waals surface area contributed by atoms with Crippen molar-refractivity contribution in [3.8, 4) is 0 Å². The lowest BCUT2D eigenvalue weighted by molar-refractivity contribution is 0.127. The van der Waals surface area contributed by atoms with Crippen molar-refractivity contribution in [3.05, 3.63) is 71.9 Å². The first-order chi connectivity index (χ1) is 14.1. The monoisotopic (exact) mass is 398 g/mol. The minimum absolute atomic E-state index is 0.114. The second-order valence-corrected chi connectivity index (χ2v) is 7.43. The van der Waals surface area contributed by atoms with Crippen LogP contribution in [0.15, 0.2) is 54.9 Å². The number of hydrogen-bond donors (Lipinski definition) is 1. The number of alkyl halides is 1. The Bertz CT molecular complexity index is 949. The molecule has 3 heterocycles. The average Bonchev–Trinajstić information content (AvgIpc) is 3.16. The maximum atomic E-state index is 14.7. The van der Waals surface area contributed by atoms with Crippen molar-refractivity contribution >= 4 is 11.7 Å². The molecule has 0 bridgehead atoms. The number of nitrogens with one attached hydrogen (secondary N) is 1. The second kappa shape index (κ2) is 8.59. The summed E-state index contributed by atoms with van der Waals surface area (Å²) in [5, 5.41) is 2.91. The number of imidazole rings is 1. The van der Waals surface area contributed by atoms with Crippen LogP contribution in [0.4, 0.5) is 13.6 Å².